The molecule has 3 aromatic rings. The van der Waals surface area contributed by atoms with Gasteiger partial charge in [-0.3, -0.25) is 4.79 Å². The molecule has 2 aromatic carbocycles. The fourth-order valence-corrected chi connectivity index (χ4v) is 2.48. The molecule has 0 fully saturated rings. The second-order valence-electron chi connectivity index (χ2n) is 5.70. The summed E-state index contributed by atoms with van der Waals surface area (Å²) in [6, 6.07) is 15.2. The highest BCUT2D eigenvalue weighted by molar-refractivity contribution is 6.04. The molecule has 6 nitrogen and oxygen atoms in total. The van der Waals surface area contributed by atoms with Crippen LogP contribution in [0.5, 0.6) is 5.75 Å². The predicted octanol–water partition coefficient (Wildman–Crippen LogP) is 4.21. The van der Waals surface area contributed by atoms with E-state index in [0.29, 0.717) is 28.3 Å². The molecule has 0 unspecified atom stereocenters. The van der Waals surface area contributed by atoms with Crippen LogP contribution in [0.15, 0.2) is 59.0 Å². The van der Waals surface area contributed by atoms with Gasteiger partial charge in [0.1, 0.15) is 11.5 Å². The van der Waals surface area contributed by atoms with Crippen LogP contribution in [0.3, 0.4) is 0 Å². The van der Waals surface area contributed by atoms with Crippen molar-refractivity contribution in [2.75, 3.05) is 12.4 Å². The van der Waals surface area contributed by atoms with Crippen LogP contribution in [0.1, 0.15) is 26.5 Å². The number of carbonyl (C=O) groups excluding carboxylic acids is 1. The zero-order valence-electron chi connectivity index (χ0n) is 14.3. The number of furan rings is 1. The molecule has 0 atom stereocenters. The molecule has 1 amide bonds. The molecular weight excluding hydrogens is 334 g/mol. The summed E-state index contributed by atoms with van der Waals surface area (Å²) in [6.07, 6.45) is 0. The van der Waals surface area contributed by atoms with Crippen LogP contribution in [0.2, 0.25) is 0 Å². The Labute approximate surface area is 150 Å². The number of amides is 1. The molecule has 3 rings (SSSR count). The van der Waals surface area contributed by atoms with Gasteiger partial charge in [-0.2, -0.15) is 0 Å². The van der Waals surface area contributed by atoms with Crippen molar-refractivity contribution in [3.05, 3.63) is 71.5 Å². The first-order valence-corrected chi connectivity index (χ1v) is 7.87. The number of methoxy groups -OCH3 is 1. The SMILES string of the molecule is COc1ccc(NC(=O)c2ccc(C)cc2)cc1-c1ccc(C(=O)O)o1. The molecule has 0 saturated heterocycles. The zero-order chi connectivity index (χ0) is 18.7. The van der Waals surface area contributed by atoms with E-state index in [2.05, 4.69) is 5.32 Å². The van der Waals surface area contributed by atoms with Gasteiger partial charge in [-0.15, -0.1) is 0 Å². The minimum absolute atomic E-state index is 0.170. The lowest BCUT2D eigenvalue weighted by Crippen LogP contribution is -2.11. The molecule has 0 aliphatic carbocycles. The summed E-state index contributed by atoms with van der Waals surface area (Å²) in [6.45, 7) is 1.95. The number of aryl methyl sites for hydroxylation is 1. The Bertz CT molecular complexity index is 957. The molecule has 0 radical (unpaired) electrons. The van der Waals surface area contributed by atoms with Crippen molar-refractivity contribution >= 4 is 17.6 Å². The number of anilines is 1. The number of hydrogen-bond donors (Lipinski definition) is 2. The van der Waals surface area contributed by atoms with E-state index in [1.807, 2.05) is 19.1 Å². The fraction of sp³-hybridized carbons (Fsp3) is 0.100. The van der Waals surface area contributed by atoms with Crippen LogP contribution in [0.25, 0.3) is 11.3 Å². The summed E-state index contributed by atoms with van der Waals surface area (Å²) in [7, 11) is 1.50. The third kappa shape index (κ3) is 3.59. The largest absolute Gasteiger partial charge is 0.496 e. The monoisotopic (exact) mass is 351 g/mol. The molecule has 2 N–H and O–H groups in total. The third-order valence-corrected chi connectivity index (χ3v) is 3.85. The van der Waals surface area contributed by atoms with Crippen LogP contribution in [0, 0.1) is 6.92 Å². The number of carbonyl (C=O) groups is 2. The highest BCUT2D eigenvalue weighted by atomic mass is 16.5. The van der Waals surface area contributed by atoms with Crippen LogP contribution < -0.4 is 10.1 Å². The van der Waals surface area contributed by atoms with E-state index >= 15 is 0 Å². The first-order valence-electron chi connectivity index (χ1n) is 7.87. The molecular formula is C20H17NO5. The Morgan fingerprint density at radius 2 is 1.77 bits per heavy atom. The average molecular weight is 351 g/mol. The van der Waals surface area contributed by atoms with Crippen LogP contribution >= 0.6 is 0 Å². The van der Waals surface area contributed by atoms with E-state index in [0.717, 1.165) is 5.56 Å². The Kier molecular flexibility index (Phi) is 4.75. The van der Waals surface area contributed by atoms with Crippen LogP contribution in [-0.2, 0) is 0 Å². The zero-order valence-corrected chi connectivity index (χ0v) is 14.3. The van der Waals surface area contributed by atoms with Gasteiger partial charge in [-0.25, -0.2) is 4.79 Å². The summed E-state index contributed by atoms with van der Waals surface area (Å²) >= 11 is 0. The van der Waals surface area contributed by atoms with E-state index in [1.165, 1.54) is 13.2 Å². The minimum Gasteiger partial charge on any atom is -0.496 e. The normalized spacial score (nSPS) is 10.4. The lowest BCUT2D eigenvalue weighted by molar-refractivity contribution is 0.0663. The van der Waals surface area contributed by atoms with Crippen molar-refractivity contribution in [2.45, 2.75) is 6.92 Å². The number of carboxylic acid groups (broad SMARTS) is 1. The number of nitrogens with one attached hydrogen (secondary N) is 1. The number of aromatic carboxylic acids is 1. The van der Waals surface area contributed by atoms with Crippen molar-refractivity contribution < 1.29 is 23.8 Å². The lowest BCUT2D eigenvalue weighted by atomic mass is 10.1. The molecule has 0 bridgehead atoms. The van der Waals surface area contributed by atoms with Gasteiger partial charge in [0.25, 0.3) is 5.91 Å². The maximum Gasteiger partial charge on any atom is 0.371 e. The minimum atomic E-state index is -1.15. The first kappa shape index (κ1) is 17.3. The fourth-order valence-electron chi connectivity index (χ4n) is 2.48. The van der Waals surface area contributed by atoms with Gasteiger partial charge in [0.2, 0.25) is 5.76 Å². The topological polar surface area (TPSA) is 88.8 Å². The van der Waals surface area contributed by atoms with Crippen molar-refractivity contribution in [3.63, 3.8) is 0 Å². The summed E-state index contributed by atoms with van der Waals surface area (Å²) in [5.74, 6) is -0.725. The van der Waals surface area contributed by atoms with Crippen molar-refractivity contribution in [2.24, 2.45) is 0 Å². The van der Waals surface area contributed by atoms with E-state index in [1.54, 1.807) is 36.4 Å². The number of rotatable bonds is 5. The van der Waals surface area contributed by atoms with Crippen molar-refractivity contribution in [1.29, 1.82) is 0 Å². The Morgan fingerprint density at radius 1 is 1.04 bits per heavy atom. The number of carboxylic acids is 1. The summed E-state index contributed by atoms with van der Waals surface area (Å²) in [5, 5.41) is 11.8. The van der Waals surface area contributed by atoms with Gasteiger partial charge < -0.3 is 19.6 Å². The Balaban J connectivity index is 1.90. The molecule has 0 aliphatic heterocycles. The second kappa shape index (κ2) is 7.14. The maximum atomic E-state index is 12.4. The number of hydrogen-bond acceptors (Lipinski definition) is 4. The molecule has 1 aromatic heterocycles. The standard InChI is InChI=1S/C20H17NO5/c1-12-3-5-13(6-4-12)19(22)21-14-7-8-16(25-2)15(11-14)17-9-10-18(26-17)20(23)24/h3-11H,1-2H3,(H,21,22)(H,23,24). The van der Waals surface area contributed by atoms with Crippen LogP contribution in [0.4, 0.5) is 5.69 Å². The van der Waals surface area contributed by atoms with E-state index in [-0.39, 0.29) is 11.7 Å². The molecule has 0 aliphatic rings. The Hall–Kier alpha value is -3.54. The van der Waals surface area contributed by atoms with Gasteiger partial charge in [0.05, 0.1) is 12.7 Å². The van der Waals surface area contributed by atoms with Crippen molar-refractivity contribution in [1.82, 2.24) is 0 Å². The molecule has 6 heteroatoms. The van der Waals surface area contributed by atoms with Gasteiger partial charge in [-0.05, 0) is 49.4 Å². The van der Waals surface area contributed by atoms with Gasteiger partial charge in [0.15, 0.2) is 0 Å². The van der Waals surface area contributed by atoms with E-state index in [4.69, 9.17) is 14.3 Å². The number of benzene rings is 2. The highest BCUT2D eigenvalue weighted by Crippen LogP contribution is 2.34. The smallest absolute Gasteiger partial charge is 0.371 e. The second-order valence-corrected chi connectivity index (χ2v) is 5.70. The Morgan fingerprint density at radius 3 is 2.38 bits per heavy atom. The van der Waals surface area contributed by atoms with Gasteiger partial charge in [0, 0.05) is 11.3 Å². The quantitative estimate of drug-likeness (QED) is 0.719. The lowest BCUT2D eigenvalue weighted by Gasteiger charge is -2.10. The average Bonchev–Trinajstić information content (AvgIpc) is 3.12. The summed E-state index contributed by atoms with van der Waals surface area (Å²) in [5.41, 5.74) is 2.70. The molecule has 26 heavy (non-hydrogen) atoms. The van der Waals surface area contributed by atoms with Gasteiger partial charge >= 0.3 is 5.97 Å². The predicted molar refractivity (Wildman–Crippen MR) is 96.8 cm³/mol. The van der Waals surface area contributed by atoms with Gasteiger partial charge in [-0.1, -0.05) is 17.7 Å². The summed E-state index contributed by atoms with van der Waals surface area (Å²) in [4.78, 5) is 23.4. The number of ether oxygens (including phenoxy) is 1. The molecule has 0 spiro atoms. The first-order chi connectivity index (χ1) is 12.5. The van der Waals surface area contributed by atoms with E-state index < -0.39 is 5.97 Å². The molecule has 132 valence electrons. The van der Waals surface area contributed by atoms with Crippen LogP contribution in [-0.4, -0.2) is 24.1 Å². The highest BCUT2D eigenvalue weighted by Gasteiger charge is 2.15. The molecule has 0 saturated carbocycles. The molecule has 1 heterocycles. The van der Waals surface area contributed by atoms with Crippen molar-refractivity contribution in [3.8, 4) is 17.1 Å². The maximum absolute atomic E-state index is 12.4. The third-order valence-electron chi connectivity index (χ3n) is 3.85. The summed E-state index contributed by atoms with van der Waals surface area (Å²) < 4.78 is 10.6. The van der Waals surface area contributed by atoms with E-state index in [9.17, 15) is 9.59 Å².